The number of amides is 3. The van der Waals surface area contributed by atoms with Crippen LogP contribution in [0.3, 0.4) is 0 Å². The van der Waals surface area contributed by atoms with Crippen LogP contribution in [0.2, 0.25) is 0 Å². The van der Waals surface area contributed by atoms with Crippen molar-refractivity contribution in [3.8, 4) is 5.75 Å². The lowest BCUT2D eigenvalue weighted by molar-refractivity contribution is -0.132. The number of alkyl halides is 2. The van der Waals surface area contributed by atoms with Crippen molar-refractivity contribution >= 4 is 29.1 Å². The van der Waals surface area contributed by atoms with Gasteiger partial charge < -0.3 is 25.4 Å². The van der Waals surface area contributed by atoms with Crippen molar-refractivity contribution in [1.82, 2.24) is 4.90 Å². The fourth-order valence-electron chi connectivity index (χ4n) is 3.20. The standard InChI is InChI=1S/C19H26F2N4O5/c1-11(2)9-24(3)16(17(22)27)18(28)23-13-5-4-12(8-14(13)30-19(20)21)25-6-7-29-10-15(25)26/h4-5,8,11,16,19H,6-7,9-10H2,1-3H3,(H2,22,27)(H,23,28)/t16-/m0/s1. The van der Waals surface area contributed by atoms with E-state index in [0.717, 1.165) is 0 Å². The highest BCUT2D eigenvalue weighted by Gasteiger charge is 2.30. The van der Waals surface area contributed by atoms with Crippen LogP contribution in [0.5, 0.6) is 5.75 Å². The lowest BCUT2D eigenvalue weighted by Crippen LogP contribution is -2.51. The number of anilines is 2. The third-order valence-corrected chi connectivity index (χ3v) is 4.35. The number of morpholine rings is 1. The van der Waals surface area contributed by atoms with Crippen LogP contribution in [-0.4, -0.2) is 68.6 Å². The van der Waals surface area contributed by atoms with Gasteiger partial charge >= 0.3 is 6.61 Å². The second-order valence-electron chi connectivity index (χ2n) is 7.28. The molecule has 0 saturated carbocycles. The van der Waals surface area contributed by atoms with Crippen LogP contribution >= 0.6 is 0 Å². The number of nitrogens with one attached hydrogen (secondary N) is 1. The maximum absolute atomic E-state index is 12.9. The van der Waals surface area contributed by atoms with Crippen LogP contribution in [0.4, 0.5) is 20.2 Å². The topological polar surface area (TPSA) is 114 Å². The molecule has 9 nitrogen and oxygen atoms in total. The molecule has 166 valence electrons. The summed E-state index contributed by atoms with van der Waals surface area (Å²) in [5, 5.41) is 2.42. The third-order valence-electron chi connectivity index (χ3n) is 4.35. The zero-order valence-electron chi connectivity index (χ0n) is 17.1. The van der Waals surface area contributed by atoms with E-state index in [1.54, 1.807) is 7.05 Å². The number of carbonyl (C=O) groups excluding carboxylic acids is 3. The Bertz CT molecular complexity index is 790. The van der Waals surface area contributed by atoms with Gasteiger partial charge in [0.2, 0.25) is 5.91 Å². The molecule has 0 spiro atoms. The Hall–Kier alpha value is -2.79. The van der Waals surface area contributed by atoms with Crippen molar-refractivity contribution in [3.63, 3.8) is 0 Å². The summed E-state index contributed by atoms with van der Waals surface area (Å²) in [6.45, 7) is 1.51. The van der Waals surface area contributed by atoms with E-state index < -0.39 is 24.5 Å². The van der Waals surface area contributed by atoms with Crippen molar-refractivity contribution < 1.29 is 32.6 Å². The predicted octanol–water partition coefficient (Wildman–Crippen LogP) is 1.03. The summed E-state index contributed by atoms with van der Waals surface area (Å²) in [4.78, 5) is 39.4. The monoisotopic (exact) mass is 428 g/mol. The van der Waals surface area contributed by atoms with E-state index in [2.05, 4.69) is 10.1 Å². The minimum atomic E-state index is -3.16. The average Bonchev–Trinajstić information content (AvgIpc) is 2.62. The van der Waals surface area contributed by atoms with E-state index in [4.69, 9.17) is 10.5 Å². The second-order valence-corrected chi connectivity index (χ2v) is 7.28. The number of hydrogen-bond acceptors (Lipinski definition) is 6. The average molecular weight is 428 g/mol. The number of carbonyl (C=O) groups is 3. The summed E-state index contributed by atoms with van der Waals surface area (Å²) < 4.78 is 35.4. The predicted molar refractivity (Wildman–Crippen MR) is 105 cm³/mol. The number of halogens is 2. The molecule has 1 aliphatic rings. The number of primary amides is 1. The minimum absolute atomic E-state index is 0.0750. The maximum atomic E-state index is 12.9. The highest BCUT2D eigenvalue weighted by atomic mass is 19.3. The van der Waals surface area contributed by atoms with Crippen LogP contribution in [0, 0.1) is 5.92 Å². The Morgan fingerprint density at radius 1 is 1.37 bits per heavy atom. The lowest BCUT2D eigenvalue weighted by atomic mass is 10.1. The molecule has 3 N–H and O–H groups in total. The van der Waals surface area contributed by atoms with Gasteiger partial charge in [0.1, 0.15) is 6.61 Å². The SMILES string of the molecule is CC(C)CN(C)[C@@H](C(N)=O)C(=O)Nc1ccc(N2CCOCC2=O)cc1OC(F)F. The van der Waals surface area contributed by atoms with Crippen LogP contribution < -0.4 is 20.7 Å². The summed E-state index contributed by atoms with van der Waals surface area (Å²) in [6.07, 6.45) is 0. The molecule has 1 atom stereocenters. The summed E-state index contributed by atoms with van der Waals surface area (Å²) in [7, 11) is 1.57. The zero-order chi connectivity index (χ0) is 22.4. The molecule has 1 aliphatic heterocycles. The summed E-state index contributed by atoms with van der Waals surface area (Å²) in [5.41, 5.74) is 5.62. The maximum Gasteiger partial charge on any atom is 0.387 e. The number of hydrogen-bond donors (Lipinski definition) is 2. The van der Waals surface area contributed by atoms with E-state index in [1.807, 2.05) is 13.8 Å². The molecule has 1 saturated heterocycles. The Morgan fingerprint density at radius 3 is 2.63 bits per heavy atom. The molecule has 30 heavy (non-hydrogen) atoms. The van der Waals surface area contributed by atoms with Gasteiger partial charge in [-0.25, -0.2) is 0 Å². The first-order valence-corrected chi connectivity index (χ1v) is 9.37. The number of nitrogens with two attached hydrogens (primary N) is 1. The number of nitrogens with zero attached hydrogens (tertiary/aromatic N) is 2. The Morgan fingerprint density at radius 2 is 2.07 bits per heavy atom. The van der Waals surface area contributed by atoms with Gasteiger partial charge in [-0.3, -0.25) is 19.3 Å². The van der Waals surface area contributed by atoms with Gasteiger partial charge in [-0.15, -0.1) is 0 Å². The molecule has 0 radical (unpaired) electrons. The second kappa shape index (κ2) is 10.3. The molecule has 0 bridgehead atoms. The molecular weight excluding hydrogens is 402 g/mol. The van der Waals surface area contributed by atoms with Gasteiger partial charge in [0.25, 0.3) is 11.8 Å². The Labute approximate surface area is 173 Å². The van der Waals surface area contributed by atoms with Crippen molar-refractivity contribution in [2.45, 2.75) is 26.5 Å². The molecular formula is C19H26F2N4O5. The van der Waals surface area contributed by atoms with Gasteiger partial charge in [-0.1, -0.05) is 13.8 Å². The van der Waals surface area contributed by atoms with E-state index in [9.17, 15) is 23.2 Å². The molecule has 2 rings (SSSR count). The Kier molecular flexibility index (Phi) is 8.07. The number of rotatable bonds is 9. The largest absolute Gasteiger partial charge is 0.433 e. The molecule has 0 aromatic heterocycles. The molecule has 1 fully saturated rings. The van der Waals surface area contributed by atoms with Crippen molar-refractivity contribution in [2.24, 2.45) is 11.7 Å². The smallest absolute Gasteiger partial charge is 0.387 e. The molecule has 1 heterocycles. The van der Waals surface area contributed by atoms with Crippen molar-refractivity contribution in [3.05, 3.63) is 18.2 Å². The van der Waals surface area contributed by atoms with Crippen LogP contribution in [0.25, 0.3) is 0 Å². The quantitative estimate of drug-likeness (QED) is 0.568. The van der Waals surface area contributed by atoms with Crippen LogP contribution in [0.15, 0.2) is 18.2 Å². The van der Waals surface area contributed by atoms with E-state index >= 15 is 0 Å². The van der Waals surface area contributed by atoms with Crippen molar-refractivity contribution in [1.29, 1.82) is 0 Å². The van der Waals surface area contributed by atoms with Crippen LogP contribution in [0.1, 0.15) is 13.8 Å². The number of likely N-dealkylation sites (N-methyl/N-ethyl adjacent to an activating group) is 1. The number of benzene rings is 1. The fourth-order valence-corrected chi connectivity index (χ4v) is 3.20. The first kappa shape index (κ1) is 23.5. The highest BCUT2D eigenvalue weighted by Crippen LogP contribution is 2.32. The lowest BCUT2D eigenvalue weighted by Gasteiger charge is -2.28. The highest BCUT2D eigenvalue weighted by molar-refractivity contribution is 6.10. The number of ether oxygens (including phenoxy) is 2. The minimum Gasteiger partial charge on any atom is -0.433 e. The molecule has 1 aromatic rings. The Balaban J connectivity index is 2.29. The van der Waals surface area contributed by atoms with Crippen LogP contribution in [-0.2, 0) is 19.1 Å². The summed E-state index contributed by atoms with van der Waals surface area (Å²) in [5.74, 6) is -2.16. The van der Waals surface area contributed by atoms with Gasteiger partial charge in [0.15, 0.2) is 11.8 Å². The van der Waals surface area contributed by atoms with Gasteiger partial charge in [-0.2, -0.15) is 8.78 Å². The van der Waals surface area contributed by atoms with E-state index in [-0.39, 0.29) is 36.4 Å². The van der Waals surface area contributed by atoms with Gasteiger partial charge in [-0.05, 0) is 25.1 Å². The molecule has 0 aliphatic carbocycles. The molecule has 1 aromatic carbocycles. The molecule has 0 unspecified atom stereocenters. The summed E-state index contributed by atoms with van der Waals surface area (Å²) in [6, 6.07) is 2.73. The van der Waals surface area contributed by atoms with E-state index in [1.165, 1.54) is 28.0 Å². The zero-order valence-corrected chi connectivity index (χ0v) is 17.1. The first-order valence-electron chi connectivity index (χ1n) is 9.37. The third kappa shape index (κ3) is 6.10. The van der Waals surface area contributed by atoms with Gasteiger partial charge in [0.05, 0.1) is 12.3 Å². The van der Waals surface area contributed by atoms with Gasteiger partial charge in [0, 0.05) is 24.8 Å². The fraction of sp³-hybridized carbons (Fsp3) is 0.526. The van der Waals surface area contributed by atoms with Crippen molar-refractivity contribution in [2.75, 3.05) is 43.6 Å². The van der Waals surface area contributed by atoms with E-state index in [0.29, 0.717) is 18.8 Å². The summed E-state index contributed by atoms with van der Waals surface area (Å²) >= 11 is 0. The molecule has 11 heteroatoms. The normalized spacial score (nSPS) is 15.6. The molecule has 3 amide bonds. The first-order chi connectivity index (χ1) is 14.1.